The first-order chi connectivity index (χ1) is 9.10. The van der Waals surface area contributed by atoms with Gasteiger partial charge in [-0.3, -0.25) is 4.79 Å². The van der Waals surface area contributed by atoms with Gasteiger partial charge in [0.15, 0.2) is 0 Å². The molecule has 0 radical (unpaired) electrons. The molecule has 1 aliphatic heterocycles. The maximum absolute atomic E-state index is 12.0. The SMILES string of the molecule is CSc1ccccc1NC(=O)N1CC(CC(=O)O)C1. The Morgan fingerprint density at radius 2 is 2.11 bits per heavy atom. The van der Waals surface area contributed by atoms with Crippen molar-refractivity contribution in [2.24, 2.45) is 5.92 Å². The quantitative estimate of drug-likeness (QED) is 0.831. The summed E-state index contributed by atoms with van der Waals surface area (Å²) in [6.07, 6.45) is 2.09. The fraction of sp³-hybridized carbons (Fsp3) is 0.385. The minimum absolute atomic E-state index is 0.0824. The summed E-state index contributed by atoms with van der Waals surface area (Å²) in [5.41, 5.74) is 0.793. The van der Waals surface area contributed by atoms with Crippen LogP contribution in [0.25, 0.3) is 0 Å². The molecule has 1 heterocycles. The Bertz CT molecular complexity index is 487. The summed E-state index contributed by atoms with van der Waals surface area (Å²) in [6, 6.07) is 7.44. The van der Waals surface area contributed by atoms with Crippen LogP contribution in [0.1, 0.15) is 6.42 Å². The van der Waals surface area contributed by atoms with Crippen molar-refractivity contribution in [3.63, 3.8) is 0 Å². The second-order valence-corrected chi connectivity index (χ2v) is 5.35. The first-order valence-corrected chi connectivity index (χ1v) is 7.23. The molecule has 0 unspecified atom stereocenters. The van der Waals surface area contributed by atoms with Crippen LogP contribution >= 0.6 is 11.8 Å². The molecule has 1 fully saturated rings. The lowest BCUT2D eigenvalue weighted by molar-refractivity contribution is -0.139. The summed E-state index contributed by atoms with van der Waals surface area (Å²) in [5.74, 6) is -0.725. The molecule has 1 aromatic carbocycles. The minimum Gasteiger partial charge on any atom is -0.481 e. The van der Waals surface area contributed by atoms with Crippen molar-refractivity contribution in [1.29, 1.82) is 0 Å². The largest absolute Gasteiger partial charge is 0.481 e. The highest BCUT2D eigenvalue weighted by Crippen LogP contribution is 2.26. The Hall–Kier alpha value is -1.69. The molecule has 0 aliphatic carbocycles. The third-order valence-corrected chi connectivity index (χ3v) is 3.85. The van der Waals surface area contributed by atoms with E-state index < -0.39 is 5.97 Å². The lowest BCUT2D eigenvalue weighted by atomic mass is 9.97. The maximum atomic E-state index is 12.0. The van der Waals surface area contributed by atoms with Gasteiger partial charge in [-0.1, -0.05) is 12.1 Å². The average Bonchev–Trinajstić information content (AvgIpc) is 2.33. The normalized spacial score (nSPS) is 14.9. The zero-order valence-corrected chi connectivity index (χ0v) is 11.4. The number of para-hydroxylation sites is 1. The third kappa shape index (κ3) is 3.41. The fourth-order valence-corrected chi connectivity index (χ4v) is 2.61. The van der Waals surface area contributed by atoms with Gasteiger partial charge >= 0.3 is 12.0 Å². The smallest absolute Gasteiger partial charge is 0.321 e. The van der Waals surface area contributed by atoms with Crippen molar-refractivity contribution in [3.8, 4) is 0 Å². The summed E-state index contributed by atoms with van der Waals surface area (Å²) in [7, 11) is 0. The van der Waals surface area contributed by atoms with Gasteiger partial charge in [0.1, 0.15) is 0 Å². The molecule has 0 bridgehead atoms. The molecule has 2 rings (SSSR count). The first kappa shape index (κ1) is 13.7. The number of benzene rings is 1. The van der Waals surface area contributed by atoms with Gasteiger partial charge in [0.2, 0.25) is 0 Å². The minimum atomic E-state index is -0.808. The summed E-state index contributed by atoms with van der Waals surface area (Å²) >= 11 is 1.57. The number of amides is 2. The molecule has 0 atom stereocenters. The van der Waals surface area contributed by atoms with Crippen molar-refractivity contribution < 1.29 is 14.7 Å². The Kier molecular flexibility index (Phi) is 4.31. The van der Waals surface area contributed by atoms with Gasteiger partial charge in [-0.05, 0) is 18.4 Å². The number of hydrogen-bond acceptors (Lipinski definition) is 3. The lowest BCUT2D eigenvalue weighted by Crippen LogP contribution is -2.52. The monoisotopic (exact) mass is 280 g/mol. The van der Waals surface area contributed by atoms with Crippen LogP contribution in [-0.4, -0.2) is 41.4 Å². The second-order valence-electron chi connectivity index (χ2n) is 4.50. The number of carbonyl (C=O) groups is 2. The van der Waals surface area contributed by atoms with Crippen LogP contribution in [0.3, 0.4) is 0 Å². The highest BCUT2D eigenvalue weighted by molar-refractivity contribution is 7.98. The summed E-state index contributed by atoms with van der Waals surface area (Å²) in [5, 5.41) is 11.5. The van der Waals surface area contributed by atoms with Crippen molar-refractivity contribution in [1.82, 2.24) is 4.90 Å². The Morgan fingerprint density at radius 3 is 2.74 bits per heavy atom. The molecular weight excluding hydrogens is 264 g/mol. The molecule has 0 aromatic heterocycles. The topological polar surface area (TPSA) is 69.6 Å². The van der Waals surface area contributed by atoms with E-state index in [-0.39, 0.29) is 18.4 Å². The number of hydrogen-bond donors (Lipinski definition) is 2. The van der Waals surface area contributed by atoms with E-state index in [4.69, 9.17) is 5.11 Å². The molecule has 102 valence electrons. The van der Waals surface area contributed by atoms with Crippen LogP contribution in [0.4, 0.5) is 10.5 Å². The fourth-order valence-electron chi connectivity index (χ4n) is 2.05. The van der Waals surface area contributed by atoms with Crippen LogP contribution in [-0.2, 0) is 4.79 Å². The summed E-state index contributed by atoms with van der Waals surface area (Å²) in [4.78, 5) is 25.1. The van der Waals surface area contributed by atoms with E-state index in [1.165, 1.54) is 0 Å². The van der Waals surface area contributed by atoms with Crippen LogP contribution in [0.15, 0.2) is 29.2 Å². The molecule has 0 saturated carbocycles. The lowest BCUT2D eigenvalue weighted by Gasteiger charge is -2.38. The molecule has 1 saturated heterocycles. The number of carbonyl (C=O) groups excluding carboxylic acids is 1. The molecular formula is C13H16N2O3S. The molecule has 1 aliphatic rings. The van der Waals surface area contributed by atoms with E-state index in [0.29, 0.717) is 13.1 Å². The van der Waals surface area contributed by atoms with E-state index in [0.717, 1.165) is 10.6 Å². The summed E-state index contributed by atoms with van der Waals surface area (Å²) in [6.45, 7) is 1.03. The van der Waals surface area contributed by atoms with Crippen molar-refractivity contribution in [2.75, 3.05) is 24.7 Å². The van der Waals surface area contributed by atoms with Gasteiger partial charge in [0.05, 0.1) is 12.1 Å². The Morgan fingerprint density at radius 1 is 1.42 bits per heavy atom. The molecule has 5 nitrogen and oxygen atoms in total. The van der Waals surface area contributed by atoms with E-state index in [1.54, 1.807) is 16.7 Å². The Labute approximate surface area is 116 Å². The molecule has 2 amide bonds. The number of nitrogens with zero attached hydrogens (tertiary/aromatic N) is 1. The maximum Gasteiger partial charge on any atom is 0.321 e. The van der Waals surface area contributed by atoms with Gasteiger partial charge in [0, 0.05) is 23.9 Å². The predicted octanol–water partition coefficient (Wildman–Crippen LogP) is 2.35. The first-order valence-electron chi connectivity index (χ1n) is 6.01. The van der Waals surface area contributed by atoms with Crippen LogP contribution in [0.5, 0.6) is 0 Å². The zero-order valence-electron chi connectivity index (χ0n) is 10.6. The number of likely N-dealkylation sites (tertiary alicyclic amines) is 1. The van der Waals surface area contributed by atoms with E-state index in [9.17, 15) is 9.59 Å². The second kappa shape index (κ2) is 5.97. The standard InChI is InChI=1S/C13H16N2O3S/c1-19-11-5-3-2-4-10(11)14-13(18)15-7-9(8-15)6-12(16)17/h2-5,9H,6-8H2,1H3,(H,14,18)(H,16,17). The van der Waals surface area contributed by atoms with Crippen molar-refractivity contribution >= 4 is 29.4 Å². The van der Waals surface area contributed by atoms with Crippen molar-refractivity contribution in [2.45, 2.75) is 11.3 Å². The summed E-state index contributed by atoms with van der Waals surface area (Å²) < 4.78 is 0. The van der Waals surface area contributed by atoms with Gasteiger partial charge in [-0.15, -0.1) is 11.8 Å². The van der Waals surface area contributed by atoms with Gasteiger partial charge in [-0.25, -0.2) is 4.79 Å². The van der Waals surface area contributed by atoms with Crippen LogP contribution in [0, 0.1) is 5.92 Å². The zero-order chi connectivity index (χ0) is 13.8. The number of carboxylic acid groups (broad SMARTS) is 1. The van der Waals surface area contributed by atoms with E-state index >= 15 is 0 Å². The molecule has 1 aromatic rings. The average molecular weight is 280 g/mol. The number of carboxylic acids is 1. The Balaban J connectivity index is 1.87. The number of aliphatic carboxylic acids is 1. The number of urea groups is 1. The van der Waals surface area contributed by atoms with Gasteiger partial charge < -0.3 is 15.3 Å². The molecule has 0 spiro atoms. The molecule has 19 heavy (non-hydrogen) atoms. The van der Waals surface area contributed by atoms with E-state index in [2.05, 4.69) is 5.32 Å². The molecule has 6 heteroatoms. The third-order valence-electron chi connectivity index (χ3n) is 3.06. The highest BCUT2D eigenvalue weighted by atomic mass is 32.2. The molecule has 2 N–H and O–H groups in total. The van der Waals surface area contributed by atoms with Crippen molar-refractivity contribution in [3.05, 3.63) is 24.3 Å². The highest BCUT2D eigenvalue weighted by Gasteiger charge is 2.32. The van der Waals surface area contributed by atoms with Crippen LogP contribution < -0.4 is 5.32 Å². The van der Waals surface area contributed by atoms with Gasteiger partial charge in [-0.2, -0.15) is 0 Å². The number of anilines is 1. The number of nitrogens with one attached hydrogen (secondary N) is 1. The van der Waals surface area contributed by atoms with Gasteiger partial charge in [0.25, 0.3) is 0 Å². The number of rotatable bonds is 4. The predicted molar refractivity (Wildman–Crippen MR) is 74.6 cm³/mol. The number of thioether (sulfide) groups is 1. The van der Waals surface area contributed by atoms with E-state index in [1.807, 2.05) is 30.5 Å². The van der Waals surface area contributed by atoms with Crippen LogP contribution in [0.2, 0.25) is 0 Å².